The average molecular weight is 812 g/mol. The lowest BCUT2D eigenvalue weighted by molar-refractivity contribution is 0.397. The molecule has 0 fully saturated rings. The first kappa shape index (κ1) is 38.5. The van der Waals surface area contributed by atoms with Gasteiger partial charge in [0.25, 0.3) is 5.56 Å². The molecule has 1 atom stereocenters. The van der Waals surface area contributed by atoms with Crippen LogP contribution >= 0.6 is 23.2 Å². The Balaban J connectivity index is 1.30. The highest BCUT2D eigenvalue weighted by Crippen LogP contribution is 2.33. The molecule has 286 valence electrons. The summed E-state index contributed by atoms with van der Waals surface area (Å²) in [5.74, 6) is 1.64. The summed E-state index contributed by atoms with van der Waals surface area (Å²) in [6, 6.07) is 30.5. The van der Waals surface area contributed by atoms with E-state index in [1.165, 1.54) is 28.2 Å². The molecule has 0 saturated heterocycles. The van der Waals surface area contributed by atoms with Crippen molar-refractivity contribution >= 4 is 44.4 Å². The van der Waals surface area contributed by atoms with Crippen LogP contribution in [0.2, 0.25) is 10.0 Å². The van der Waals surface area contributed by atoms with E-state index in [2.05, 4.69) is 4.98 Å². The first-order valence-corrected chi connectivity index (χ1v) is 19.6. The maximum absolute atomic E-state index is 14.3. The van der Waals surface area contributed by atoms with Crippen molar-refractivity contribution in [1.82, 2.24) is 28.0 Å². The highest BCUT2D eigenvalue weighted by molar-refractivity contribution is 7.89. The van der Waals surface area contributed by atoms with Crippen molar-refractivity contribution in [2.75, 3.05) is 14.2 Å². The third-order valence-corrected chi connectivity index (χ3v) is 11.9. The highest BCUT2D eigenvalue weighted by atomic mass is 35.5. The third kappa shape index (κ3) is 7.33. The van der Waals surface area contributed by atoms with E-state index < -0.39 is 27.3 Å². The zero-order valence-corrected chi connectivity index (χ0v) is 33.1. The molecule has 15 heteroatoms. The summed E-state index contributed by atoms with van der Waals surface area (Å²) in [6.45, 7) is 1.88. The van der Waals surface area contributed by atoms with Gasteiger partial charge in [-0.3, -0.25) is 23.5 Å². The minimum atomic E-state index is -4.11. The molecule has 0 bridgehead atoms. The molecule has 0 aliphatic heterocycles. The van der Waals surface area contributed by atoms with Gasteiger partial charge in [0.05, 0.1) is 31.0 Å². The van der Waals surface area contributed by atoms with E-state index in [9.17, 15) is 18.0 Å². The number of sulfonamides is 1. The topological polar surface area (TPSA) is 131 Å². The molecule has 0 N–H and O–H groups in total. The Bertz CT molecular complexity index is 2720. The van der Waals surface area contributed by atoms with Crippen LogP contribution in [0.25, 0.3) is 28.2 Å². The molecule has 12 nitrogen and oxygen atoms in total. The van der Waals surface area contributed by atoms with E-state index in [0.29, 0.717) is 44.3 Å². The van der Waals surface area contributed by atoms with Gasteiger partial charge in [-0.25, -0.2) is 18.2 Å². The summed E-state index contributed by atoms with van der Waals surface area (Å²) >= 11 is 12.9. The lowest BCUT2D eigenvalue weighted by Gasteiger charge is -2.23. The van der Waals surface area contributed by atoms with Crippen LogP contribution in [-0.2, 0) is 30.2 Å². The molecule has 4 aromatic carbocycles. The number of nitrogens with zero attached hydrogens (tertiary/aromatic N) is 6. The number of methoxy groups -OCH3 is 2. The molecule has 0 spiro atoms. The van der Waals surface area contributed by atoms with Crippen LogP contribution < -0.4 is 20.7 Å². The number of fused-ring (bicyclic) bond motifs is 1. The van der Waals surface area contributed by atoms with E-state index in [-0.39, 0.29) is 29.1 Å². The first-order chi connectivity index (χ1) is 26.9. The van der Waals surface area contributed by atoms with Gasteiger partial charge in [-0.2, -0.15) is 4.31 Å². The monoisotopic (exact) mass is 810 g/mol. The zero-order chi connectivity index (χ0) is 39.7. The third-order valence-electron chi connectivity index (χ3n) is 9.54. The van der Waals surface area contributed by atoms with Gasteiger partial charge in [0, 0.05) is 42.6 Å². The van der Waals surface area contributed by atoms with Crippen LogP contribution in [0.5, 0.6) is 11.5 Å². The van der Waals surface area contributed by atoms with Crippen molar-refractivity contribution in [1.29, 1.82) is 0 Å². The van der Waals surface area contributed by atoms with Crippen LogP contribution in [0.3, 0.4) is 0 Å². The van der Waals surface area contributed by atoms with Crippen molar-refractivity contribution < 1.29 is 17.9 Å². The fraction of sp³-hybridized carbons (Fsp3) is 0.171. The Morgan fingerprint density at radius 2 is 1.38 bits per heavy atom. The van der Waals surface area contributed by atoms with E-state index in [4.69, 9.17) is 37.7 Å². The lowest BCUT2D eigenvalue weighted by Crippen LogP contribution is -2.40. The molecular weight excluding hydrogens is 775 g/mol. The molecule has 3 heterocycles. The predicted molar refractivity (Wildman–Crippen MR) is 216 cm³/mol. The maximum atomic E-state index is 14.3. The molecule has 3 aromatic heterocycles. The van der Waals surface area contributed by atoms with Crippen LogP contribution in [0.15, 0.2) is 130 Å². The summed E-state index contributed by atoms with van der Waals surface area (Å²) < 4.78 is 44.6. The standard InChI is InChI=1S/C41H36Cl2N6O6S/c1-26(48-39-37(40(50)46(2)41(48)51)49(30-15-13-29(42)14-16-30)38(45-39)34-7-5-6-8-35(34)43)36-22-21-33(23-44-36)56(52,53)47(24-27-9-17-31(54-3)18-10-27)25-28-11-19-32(55-4)20-12-28/h5-23,26H,24-25H2,1-4H3. The van der Waals surface area contributed by atoms with E-state index in [0.717, 1.165) is 15.7 Å². The maximum Gasteiger partial charge on any atom is 0.333 e. The van der Waals surface area contributed by atoms with Crippen LogP contribution in [0.4, 0.5) is 0 Å². The average Bonchev–Trinajstić information content (AvgIpc) is 3.60. The van der Waals surface area contributed by atoms with Gasteiger partial charge in [-0.15, -0.1) is 0 Å². The number of imidazole rings is 1. The van der Waals surface area contributed by atoms with Gasteiger partial charge >= 0.3 is 5.69 Å². The molecular formula is C41H36Cl2N6O6S. The zero-order valence-electron chi connectivity index (χ0n) is 30.8. The summed E-state index contributed by atoms with van der Waals surface area (Å²) in [7, 11) is 0.421. The Labute approximate surface area is 332 Å². The SMILES string of the molecule is COc1ccc(CN(Cc2ccc(OC)cc2)S(=O)(=O)c2ccc(C(C)n3c(=O)n(C)c(=O)c4c3nc(-c3ccccc3Cl)n4-c3ccc(Cl)cc3)nc2)cc1. The van der Waals surface area contributed by atoms with E-state index >= 15 is 0 Å². The van der Waals surface area contributed by atoms with Gasteiger partial charge in [-0.05, 0) is 90.8 Å². The van der Waals surface area contributed by atoms with Crippen molar-refractivity contribution in [3.63, 3.8) is 0 Å². The number of hydrogen-bond acceptors (Lipinski definition) is 8. The molecule has 7 aromatic rings. The smallest absolute Gasteiger partial charge is 0.333 e. The van der Waals surface area contributed by atoms with Crippen LogP contribution in [-0.4, -0.2) is 50.6 Å². The number of hydrogen-bond donors (Lipinski definition) is 0. The Morgan fingerprint density at radius 3 is 1.91 bits per heavy atom. The number of halogens is 2. The van der Waals surface area contributed by atoms with Gasteiger partial charge < -0.3 is 9.47 Å². The minimum absolute atomic E-state index is 0.0403. The fourth-order valence-corrected chi connectivity index (χ4v) is 8.16. The molecule has 0 aliphatic carbocycles. The first-order valence-electron chi connectivity index (χ1n) is 17.4. The Kier molecular flexibility index (Phi) is 10.9. The lowest BCUT2D eigenvalue weighted by atomic mass is 10.2. The molecule has 56 heavy (non-hydrogen) atoms. The van der Waals surface area contributed by atoms with Crippen molar-refractivity contribution in [2.45, 2.75) is 31.0 Å². The number of pyridine rings is 1. The van der Waals surface area contributed by atoms with Gasteiger partial charge in [-0.1, -0.05) is 59.6 Å². The van der Waals surface area contributed by atoms with Crippen molar-refractivity contribution in [2.24, 2.45) is 7.05 Å². The van der Waals surface area contributed by atoms with Crippen LogP contribution in [0.1, 0.15) is 29.8 Å². The second-order valence-electron chi connectivity index (χ2n) is 13.0. The molecule has 0 saturated carbocycles. The molecule has 1 unspecified atom stereocenters. The van der Waals surface area contributed by atoms with E-state index in [1.807, 2.05) is 24.3 Å². The van der Waals surface area contributed by atoms with Crippen LogP contribution in [0, 0.1) is 0 Å². The van der Waals surface area contributed by atoms with Gasteiger partial charge in [0.1, 0.15) is 22.2 Å². The molecule has 7 rings (SSSR count). The second kappa shape index (κ2) is 15.8. The molecule has 0 radical (unpaired) electrons. The predicted octanol–water partition coefficient (Wildman–Crippen LogP) is 7.27. The number of rotatable bonds is 12. The minimum Gasteiger partial charge on any atom is -0.497 e. The van der Waals surface area contributed by atoms with Gasteiger partial charge in [0.2, 0.25) is 10.0 Å². The summed E-state index contributed by atoms with van der Waals surface area (Å²) in [5.41, 5.74) is 2.01. The Morgan fingerprint density at radius 1 is 0.786 bits per heavy atom. The largest absolute Gasteiger partial charge is 0.497 e. The quantitative estimate of drug-likeness (QED) is 0.126. The van der Waals surface area contributed by atoms with E-state index in [1.54, 1.807) is 105 Å². The van der Waals surface area contributed by atoms with Crippen molar-refractivity contribution in [3.8, 4) is 28.6 Å². The summed E-state index contributed by atoms with van der Waals surface area (Å²) in [6.07, 6.45) is 1.28. The number of aromatic nitrogens is 5. The molecule has 0 aliphatic rings. The van der Waals surface area contributed by atoms with Gasteiger partial charge in [0.15, 0.2) is 11.2 Å². The number of ether oxygens (including phenoxy) is 2. The van der Waals surface area contributed by atoms with Crippen molar-refractivity contribution in [3.05, 3.63) is 163 Å². The number of benzene rings is 4. The Hall–Kier alpha value is -5.73. The normalized spacial score (nSPS) is 12.3. The molecule has 0 amide bonds. The highest BCUT2D eigenvalue weighted by Gasteiger charge is 2.29. The summed E-state index contributed by atoms with van der Waals surface area (Å²) in [5, 5.41) is 0.889. The second-order valence-corrected chi connectivity index (χ2v) is 15.8. The summed E-state index contributed by atoms with van der Waals surface area (Å²) in [4.78, 5) is 37.3. The fourth-order valence-electron chi connectivity index (χ4n) is 6.45.